The molecule has 11 heteroatoms. The molecule has 0 aliphatic rings. The molecule has 0 fully saturated rings. The van der Waals surface area contributed by atoms with E-state index in [2.05, 4.69) is 15.2 Å². The van der Waals surface area contributed by atoms with Crippen molar-refractivity contribution in [3.8, 4) is 28.4 Å². The lowest BCUT2D eigenvalue weighted by Gasteiger charge is -2.18. The lowest BCUT2D eigenvalue weighted by molar-refractivity contribution is -0.143. The monoisotopic (exact) mass is 527 g/mol. The van der Waals surface area contributed by atoms with Gasteiger partial charge in [0.25, 0.3) is 5.91 Å². The van der Waals surface area contributed by atoms with Gasteiger partial charge in [-0.3, -0.25) is 9.59 Å². The van der Waals surface area contributed by atoms with E-state index >= 15 is 0 Å². The number of carboxylic acid groups (broad SMARTS) is 1. The molecular weight excluding hydrogens is 497 g/mol. The summed E-state index contributed by atoms with van der Waals surface area (Å²) in [7, 11) is 2.70. The second-order valence-corrected chi connectivity index (χ2v) is 8.90. The molecule has 2 N–H and O–H groups in total. The quantitative estimate of drug-likeness (QED) is 0.340. The molecule has 0 aliphatic carbocycles. The second-order valence-electron chi connectivity index (χ2n) is 8.90. The first kappa shape index (κ1) is 28.2. The first-order valence-corrected chi connectivity index (χ1v) is 11.9. The smallest absolute Gasteiger partial charge is 0.343 e. The van der Waals surface area contributed by atoms with Crippen LogP contribution in [0, 0.1) is 11.7 Å². The number of hydrogen-bond donors (Lipinski definition) is 2. The number of nitrogens with zero attached hydrogens (tertiary/aromatic N) is 2. The fraction of sp³-hybridized carbons (Fsp3) is 0.333. The highest BCUT2D eigenvalue weighted by atomic mass is 19.1. The predicted octanol–water partition coefficient (Wildman–Crippen LogP) is 3.86. The molecule has 2 aromatic carbocycles. The Morgan fingerprint density at radius 3 is 2.37 bits per heavy atom. The largest absolute Gasteiger partial charge is 0.496 e. The van der Waals surface area contributed by atoms with Crippen molar-refractivity contribution in [3.05, 3.63) is 60.0 Å². The Hall–Kier alpha value is -4.41. The molecule has 3 aromatic rings. The maximum Gasteiger partial charge on any atom is 0.343 e. The number of aromatic nitrogens is 2. The summed E-state index contributed by atoms with van der Waals surface area (Å²) in [5, 5.41) is 16.5. The molecule has 0 radical (unpaired) electrons. The zero-order valence-corrected chi connectivity index (χ0v) is 21.6. The van der Waals surface area contributed by atoms with Gasteiger partial charge in [0, 0.05) is 6.04 Å². The summed E-state index contributed by atoms with van der Waals surface area (Å²) in [6, 6.07) is 11.3. The van der Waals surface area contributed by atoms with E-state index < -0.39 is 29.7 Å². The van der Waals surface area contributed by atoms with Gasteiger partial charge in [0.2, 0.25) is 0 Å². The number of amides is 1. The minimum absolute atomic E-state index is 0.00621. The number of rotatable bonds is 12. The second kappa shape index (κ2) is 12.7. The van der Waals surface area contributed by atoms with Gasteiger partial charge in [0.1, 0.15) is 17.3 Å². The van der Waals surface area contributed by atoms with Gasteiger partial charge in [-0.05, 0) is 54.8 Å². The summed E-state index contributed by atoms with van der Waals surface area (Å²) in [4.78, 5) is 36.3. The zero-order valence-electron chi connectivity index (χ0n) is 21.6. The minimum atomic E-state index is -1.03. The van der Waals surface area contributed by atoms with Crippen LogP contribution in [-0.2, 0) is 14.3 Å². The normalized spacial score (nSPS) is 11.6. The third-order valence-electron chi connectivity index (χ3n) is 5.56. The van der Waals surface area contributed by atoms with Crippen molar-refractivity contribution in [1.29, 1.82) is 0 Å². The summed E-state index contributed by atoms with van der Waals surface area (Å²) in [6.45, 7) is 3.49. The van der Waals surface area contributed by atoms with Crippen LogP contribution in [0.15, 0.2) is 48.5 Å². The maximum atomic E-state index is 13.7. The summed E-state index contributed by atoms with van der Waals surface area (Å²) in [5.74, 6) is -1.89. The minimum Gasteiger partial charge on any atom is -0.496 e. The van der Waals surface area contributed by atoms with Crippen LogP contribution >= 0.6 is 0 Å². The van der Waals surface area contributed by atoms with Gasteiger partial charge < -0.3 is 24.6 Å². The summed E-state index contributed by atoms with van der Waals surface area (Å²) < 4.78 is 31.0. The van der Waals surface area contributed by atoms with Gasteiger partial charge in [0.05, 0.1) is 37.6 Å². The molecule has 1 heterocycles. The topological polar surface area (TPSA) is 129 Å². The van der Waals surface area contributed by atoms with E-state index in [4.69, 9.17) is 9.47 Å². The van der Waals surface area contributed by atoms with E-state index in [1.165, 1.54) is 49.2 Å². The molecule has 0 saturated heterocycles. The first-order valence-electron chi connectivity index (χ1n) is 11.9. The standard InChI is InChI=1S/C27H30FN3O7/c1-16(2)12-18(13-24(32)33)29-27(35)20-14-21(31(30-20)19-10-8-17(28)9-11-19)26-22(36-3)6-5-7-23(26)38-15-25(34)37-4/h5-11,14,16,18H,12-13,15H2,1-4H3,(H,29,35)(H,32,33). The molecule has 1 unspecified atom stereocenters. The van der Waals surface area contributed by atoms with Crippen molar-refractivity contribution >= 4 is 17.8 Å². The van der Waals surface area contributed by atoms with E-state index in [0.29, 0.717) is 29.1 Å². The Morgan fingerprint density at radius 2 is 1.76 bits per heavy atom. The van der Waals surface area contributed by atoms with Gasteiger partial charge in [-0.1, -0.05) is 19.9 Å². The highest BCUT2D eigenvalue weighted by Gasteiger charge is 2.25. The first-order chi connectivity index (χ1) is 18.1. The predicted molar refractivity (Wildman–Crippen MR) is 136 cm³/mol. The number of benzene rings is 2. The Labute approximate surface area is 219 Å². The fourth-order valence-electron chi connectivity index (χ4n) is 3.93. The maximum absolute atomic E-state index is 13.7. The Morgan fingerprint density at radius 1 is 1.08 bits per heavy atom. The van der Waals surface area contributed by atoms with Crippen molar-refractivity contribution in [3.63, 3.8) is 0 Å². The number of halogens is 1. The molecule has 10 nitrogen and oxygen atoms in total. The molecule has 1 atom stereocenters. The van der Waals surface area contributed by atoms with E-state index in [1.54, 1.807) is 18.2 Å². The number of ether oxygens (including phenoxy) is 3. The molecule has 0 saturated carbocycles. The number of esters is 1. The van der Waals surface area contributed by atoms with Crippen molar-refractivity contribution in [2.24, 2.45) is 5.92 Å². The van der Waals surface area contributed by atoms with E-state index in [0.717, 1.165) is 0 Å². The van der Waals surface area contributed by atoms with Gasteiger partial charge in [-0.2, -0.15) is 5.10 Å². The SMILES string of the molecule is COC(=O)COc1cccc(OC)c1-c1cc(C(=O)NC(CC(=O)O)CC(C)C)nn1-c1ccc(F)cc1. The summed E-state index contributed by atoms with van der Waals surface area (Å²) >= 11 is 0. The van der Waals surface area contributed by atoms with Crippen LogP contribution in [0.25, 0.3) is 16.9 Å². The zero-order chi connectivity index (χ0) is 27.8. The number of carbonyl (C=O) groups is 3. The number of methoxy groups -OCH3 is 2. The molecule has 0 aliphatic heterocycles. The van der Waals surface area contributed by atoms with Crippen molar-refractivity contribution in [2.75, 3.05) is 20.8 Å². The van der Waals surface area contributed by atoms with E-state index in [1.807, 2.05) is 13.8 Å². The molecule has 202 valence electrons. The fourth-order valence-corrected chi connectivity index (χ4v) is 3.93. The van der Waals surface area contributed by atoms with Crippen LogP contribution in [0.5, 0.6) is 11.5 Å². The Kier molecular flexibility index (Phi) is 9.42. The van der Waals surface area contributed by atoms with Crippen LogP contribution in [0.4, 0.5) is 4.39 Å². The molecule has 1 amide bonds. The number of carbonyl (C=O) groups excluding carboxylic acids is 2. The molecule has 0 spiro atoms. The highest BCUT2D eigenvalue weighted by molar-refractivity contribution is 5.94. The van der Waals surface area contributed by atoms with Crippen LogP contribution in [0.1, 0.15) is 37.2 Å². The summed E-state index contributed by atoms with van der Waals surface area (Å²) in [5.41, 5.74) is 1.18. The molecule has 0 bridgehead atoms. The van der Waals surface area contributed by atoms with E-state index in [9.17, 15) is 23.9 Å². The lowest BCUT2D eigenvalue weighted by atomic mass is 10.0. The van der Waals surface area contributed by atoms with Crippen molar-refractivity contribution in [2.45, 2.75) is 32.7 Å². The number of hydrogen-bond acceptors (Lipinski definition) is 7. The molecular formula is C27H30FN3O7. The van der Waals surface area contributed by atoms with Crippen molar-refractivity contribution < 1.29 is 38.1 Å². The number of aliphatic carboxylic acids is 1. The summed E-state index contributed by atoms with van der Waals surface area (Å²) in [6.07, 6.45) is 0.217. The number of carboxylic acids is 1. The average molecular weight is 528 g/mol. The highest BCUT2D eigenvalue weighted by Crippen LogP contribution is 2.39. The van der Waals surface area contributed by atoms with Crippen LogP contribution in [0.3, 0.4) is 0 Å². The van der Waals surface area contributed by atoms with Gasteiger partial charge in [0.15, 0.2) is 12.3 Å². The molecule has 1 aromatic heterocycles. The Balaban J connectivity index is 2.12. The van der Waals surface area contributed by atoms with Crippen LogP contribution in [-0.4, -0.2) is 59.6 Å². The van der Waals surface area contributed by atoms with Gasteiger partial charge >= 0.3 is 11.9 Å². The third kappa shape index (κ3) is 7.09. The number of nitrogens with one attached hydrogen (secondary N) is 1. The van der Waals surface area contributed by atoms with Gasteiger partial charge in [-0.25, -0.2) is 13.9 Å². The Bertz CT molecular complexity index is 1290. The molecule has 3 rings (SSSR count). The van der Waals surface area contributed by atoms with Crippen molar-refractivity contribution in [1.82, 2.24) is 15.1 Å². The molecule has 38 heavy (non-hydrogen) atoms. The van der Waals surface area contributed by atoms with Crippen LogP contribution in [0.2, 0.25) is 0 Å². The lowest BCUT2D eigenvalue weighted by Crippen LogP contribution is -2.37. The van der Waals surface area contributed by atoms with Gasteiger partial charge in [-0.15, -0.1) is 0 Å². The van der Waals surface area contributed by atoms with E-state index in [-0.39, 0.29) is 30.4 Å². The average Bonchev–Trinajstić information content (AvgIpc) is 3.31. The third-order valence-corrected chi connectivity index (χ3v) is 5.56. The van der Waals surface area contributed by atoms with Crippen LogP contribution < -0.4 is 14.8 Å².